The number of aromatic nitrogens is 2. The van der Waals surface area contributed by atoms with Gasteiger partial charge in [-0.25, -0.2) is 0 Å². The molecule has 0 aliphatic rings. The maximum atomic E-state index is 8.37. The van der Waals surface area contributed by atoms with E-state index >= 15 is 0 Å². The van der Waals surface area contributed by atoms with Crippen LogP contribution in [-0.2, 0) is 0 Å². The van der Waals surface area contributed by atoms with E-state index in [2.05, 4.69) is 14.8 Å². The summed E-state index contributed by atoms with van der Waals surface area (Å²) in [6.07, 6.45) is 1.21. The maximum absolute atomic E-state index is 8.37. The molecule has 5 heteroatoms. The highest BCUT2D eigenvalue weighted by Crippen LogP contribution is 2.10. The fourth-order valence-electron chi connectivity index (χ4n) is 0.534. The molecule has 0 aliphatic carbocycles. The lowest BCUT2D eigenvalue weighted by Crippen LogP contribution is -1.96. The Balaban J connectivity index is 3.25. The average Bonchev–Trinajstić information content (AvgIpc) is 2.04. The lowest BCUT2D eigenvalue weighted by Gasteiger charge is -1.89. The Bertz CT molecular complexity index is 356. The number of hydrogen-bond donors (Lipinski definition) is 1. The van der Waals surface area contributed by atoms with Gasteiger partial charge in [-0.3, -0.25) is 4.98 Å². The summed E-state index contributed by atoms with van der Waals surface area (Å²) in [4.78, 5) is 10.2. The first-order chi connectivity index (χ1) is 5.27. The molecule has 2 N–H and O–H groups in total. The SMILES string of the molecule is [C-]#[N+]c1cnc(C#N)c(N)n1. The molecule has 0 unspecified atom stereocenters. The van der Waals surface area contributed by atoms with E-state index in [4.69, 9.17) is 17.6 Å². The van der Waals surface area contributed by atoms with Crippen molar-refractivity contribution in [3.63, 3.8) is 0 Å². The van der Waals surface area contributed by atoms with Crippen LogP contribution in [0.3, 0.4) is 0 Å². The second-order valence-corrected chi connectivity index (χ2v) is 1.69. The van der Waals surface area contributed by atoms with Crippen LogP contribution in [0.15, 0.2) is 6.20 Å². The number of nitrogens with zero attached hydrogens (tertiary/aromatic N) is 4. The molecule has 0 fully saturated rings. The van der Waals surface area contributed by atoms with E-state index in [-0.39, 0.29) is 17.3 Å². The van der Waals surface area contributed by atoms with Crippen LogP contribution in [0.5, 0.6) is 0 Å². The second kappa shape index (κ2) is 2.63. The molecule has 52 valence electrons. The zero-order valence-electron chi connectivity index (χ0n) is 5.44. The summed E-state index contributed by atoms with van der Waals surface area (Å²) in [6, 6.07) is 1.75. The topological polar surface area (TPSA) is 80.0 Å². The van der Waals surface area contributed by atoms with Crippen molar-refractivity contribution < 1.29 is 0 Å². The van der Waals surface area contributed by atoms with Gasteiger partial charge < -0.3 is 10.6 Å². The van der Waals surface area contributed by atoms with Crippen LogP contribution in [0.1, 0.15) is 5.69 Å². The average molecular weight is 145 g/mol. The summed E-state index contributed by atoms with van der Waals surface area (Å²) >= 11 is 0. The highest BCUT2D eigenvalue weighted by molar-refractivity contribution is 5.48. The van der Waals surface area contributed by atoms with Crippen LogP contribution < -0.4 is 5.73 Å². The lowest BCUT2D eigenvalue weighted by atomic mass is 10.4. The quantitative estimate of drug-likeness (QED) is 0.538. The molecule has 11 heavy (non-hydrogen) atoms. The molecule has 1 aromatic rings. The fourth-order valence-corrected chi connectivity index (χ4v) is 0.534. The Hall–Kier alpha value is -2.14. The van der Waals surface area contributed by atoms with Gasteiger partial charge in [0, 0.05) is 0 Å². The summed E-state index contributed by atoms with van der Waals surface area (Å²) in [5, 5.41) is 8.37. The second-order valence-electron chi connectivity index (χ2n) is 1.69. The number of anilines is 1. The molecule has 0 saturated heterocycles. The molecule has 0 bridgehead atoms. The van der Waals surface area contributed by atoms with Gasteiger partial charge in [0.1, 0.15) is 6.07 Å². The molecule has 5 nitrogen and oxygen atoms in total. The normalized spacial score (nSPS) is 8.18. The molecule has 0 radical (unpaired) electrons. The molecule has 1 rings (SSSR count). The number of nitrogen functional groups attached to an aromatic ring is 1. The molecular formula is C6H3N5. The first-order valence-corrected chi connectivity index (χ1v) is 2.68. The first kappa shape index (κ1) is 6.97. The van der Waals surface area contributed by atoms with Crippen LogP contribution in [0.2, 0.25) is 0 Å². The number of hydrogen-bond acceptors (Lipinski definition) is 4. The molecule has 0 spiro atoms. The van der Waals surface area contributed by atoms with E-state index in [9.17, 15) is 0 Å². The summed E-state index contributed by atoms with van der Waals surface area (Å²) in [5.74, 6) is 0.0995. The van der Waals surface area contributed by atoms with Crippen LogP contribution in [-0.4, -0.2) is 9.97 Å². The number of rotatable bonds is 0. The third kappa shape index (κ3) is 1.22. The van der Waals surface area contributed by atoms with Gasteiger partial charge in [0.15, 0.2) is 0 Å². The third-order valence-corrected chi connectivity index (χ3v) is 1.01. The molecule has 1 heterocycles. The lowest BCUT2D eigenvalue weighted by molar-refractivity contribution is 1.19. The van der Waals surface area contributed by atoms with Crippen molar-refractivity contribution in [2.75, 3.05) is 5.73 Å². The molecule has 0 aliphatic heterocycles. The Labute approximate surface area is 62.9 Å². The summed E-state index contributed by atoms with van der Waals surface area (Å²) in [7, 11) is 0. The van der Waals surface area contributed by atoms with Crippen LogP contribution >= 0.6 is 0 Å². The van der Waals surface area contributed by atoms with Crippen molar-refractivity contribution in [3.8, 4) is 6.07 Å². The van der Waals surface area contributed by atoms with Crippen LogP contribution in [0.25, 0.3) is 4.85 Å². The Morgan fingerprint density at radius 2 is 2.45 bits per heavy atom. The Morgan fingerprint density at radius 1 is 1.73 bits per heavy atom. The smallest absolute Gasteiger partial charge is 0.290 e. The summed E-state index contributed by atoms with van der Waals surface area (Å²) in [5.41, 5.74) is 5.32. The summed E-state index contributed by atoms with van der Waals surface area (Å²) in [6.45, 7) is 6.55. The van der Waals surface area contributed by atoms with E-state index in [1.165, 1.54) is 6.20 Å². The first-order valence-electron chi connectivity index (χ1n) is 2.68. The van der Waals surface area contributed by atoms with Crippen molar-refractivity contribution in [2.24, 2.45) is 0 Å². The van der Waals surface area contributed by atoms with Crippen LogP contribution in [0, 0.1) is 17.9 Å². The monoisotopic (exact) mass is 145 g/mol. The van der Waals surface area contributed by atoms with Crippen molar-refractivity contribution in [1.82, 2.24) is 9.97 Å². The minimum absolute atomic E-state index is 0.000926. The zero-order valence-corrected chi connectivity index (χ0v) is 5.44. The van der Waals surface area contributed by atoms with E-state index in [1.54, 1.807) is 6.07 Å². The third-order valence-electron chi connectivity index (χ3n) is 1.01. The van der Waals surface area contributed by atoms with Crippen molar-refractivity contribution in [2.45, 2.75) is 0 Å². The van der Waals surface area contributed by atoms with Gasteiger partial charge in [-0.1, -0.05) is 11.6 Å². The van der Waals surface area contributed by atoms with Gasteiger partial charge >= 0.3 is 0 Å². The van der Waals surface area contributed by atoms with Gasteiger partial charge in [0.2, 0.25) is 5.69 Å². The highest BCUT2D eigenvalue weighted by atomic mass is 15.0. The number of nitriles is 1. The van der Waals surface area contributed by atoms with E-state index in [0.717, 1.165) is 0 Å². The fraction of sp³-hybridized carbons (Fsp3) is 0. The van der Waals surface area contributed by atoms with Crippen molar-refractivity contribution >= 4 is 11.6 Å². The molecular weight excluding hydrogens is 142 g/mol. The Kier molecular flexibility index (Phi) is 1.67. The molecule has 0 saturated carbocycles. The number of nitrogens with two attached hydrogens (primary N) is 1. The molecule has 0 aromatic carbocycles. The molecule has 0 amide bonds. The van der Waals surface area contributed by atoms with Crippen molar-refractivity contribution in [3.05, 3.63) is 23.3 Å². The summed E-state index contributed by atoms with van der Waals surface area (Å²) < 4.78 is 0. The predicted molar refractivity (Wildman–Crippen MR) is 37.4 cm³/mol. The van der Waals surface area contributed by atoms with E-state index in [1.807, 2.05) is 0 Å². The van der Waals surface area contributed by atoms with E-state index < -0.39 is 0 Å². The standard InChI is InChI=1S/C6H3N5/c1-9-5-3-10-4(2-7)6(8)11-5/h3H,(H2,8,11). The van der Waals surface area contributed by atoms with Gasteiger partial charge in [0.25, 0.3) is 11.6 Å². The van der Waals surface area contributed by atoms with Gasteiger partial charge in [-0.05, 0) is 0 Å². The van der Waals surface area contributed by atoms with Crippen molar-refractivity contribution in [1.29, 1.82) is 5.26 Å². The Morgan fingerprint density at radius 3 is 2.91 bits per heavy atom. The maximum Gasteiger partial charge on any atom is 0.290 e. The minimum Gasteiger partial charge on any atom is -0.362 e. The van der Waals surface area contributed by atoms with Crippen LogP contribution in [0.4, 0.5) is 11.6 Å². The van der Waals surface area contributed by atoms with Gasteiger partial charge in [-0.15, -0.1) is 0 Å². The highest BCUT2D eigenvalue weighted by Gasteiger charge is 2.04. The molecule has 0 atom stereocenters. The zero-order chi connectivity index (χ0) is 8.27. The molecule has 1 aromatic heterocycles. The van der Waals surface area contributed by atoms with E-state index in [0.29, 0.717) is 0 Å². The van der Waals surface area contributed by atoms with Gasteiger partial charge in [0.05, 0.1) is 6.20 Å². The van der Waals surface area contributed by atoms with Gasteiger partial charge in [-0.2, -0.15) is 5.26 Å². The minimum atomic E-state index is 0.000926. The largest absolute Gasteiger partial charge is 0.362 e. The predicted octanol–water partition coefficient (Wildman–Crippen LogP) is 0.481.